The molecule has 0 atom stereocenters. The van der Waals surface area contributed by atoms with Gasteiger partial charge in [0.1, 0.15) is 0 Å². The lowest BCUT2D eigenvalue weighted by molar-refractivity contribution is 0.0761. The molecule has 1 aliphatic heterocycles. The van der Waals surface area contributed by atoms with Gasteiger partial charge in [0.2, 0.25) is 0 Å². The van der Waals surface area contributed by atoms with E-state index in [4.69, 9.17) is 11.6 Å². The average molecular weight is 287 g/mol. The van der Waals surface area contributed by atoms with Gasteiger partial charge in [-0.15, -0.1) is 11.6 Å². The highest BCUT2D eigenvalue weighted by molar-refractivity contribution is 7.08. The van der Waals surface area contributed by atoms with E-state index >= 15 is 0 Å². The molecule has 0 unspecified atom stereocenters. The third kappa shape index (κ3) is 3.25. The number of halogens is 1. The summed E-state index contributed by atoms with van der Waals surface area (Å²) < 4.78 is 0. The fourth-order valence-corrected chi connectivity index (χ4v) is 3.33. The molecule has 0 spiro atoms. The number of amides is 1. The number of carbonyl (C=O) groups is 1. The standard InChI is InChI=1S/C13H19ClN2OS/c1-11-9-18-10-12(11)13(17)16-5-2-4-15(6-3-14)7-8-16/h9-10H,2-8H2,1H3. The molecule has 0 radical (unpaired) electrons. The quantitative estimate of drug-likeness (QED) is 0.797. The van der Waals surface area contributed by atoms with Gasteiger partial charge in [0, 0.05) is 37.4 Å². The molecule has 5 heteroatoms. The lowest BCUT2D eigenvalue weighted by Gasteiger charge is -2.21. The SMILES string of the molecule is Cc1cscc1C(=O)N1CCCN(CCCl)CC1. The van der Waals surface area contributed by atoms with Crippen LogP contribution < -0.4 is 0 Å². The maximum atomic E-state index is 12.4. The zero-order valence-corrected chi connectivity index (χ0v) is 12.3. The number of alkyl halides is 1. The summed E-state index contributed by atoms with van der Waals surface area (Å²) in [6.45, 7) is 6.56. The predicted molar refractivity (Wildman–Crippen MR) is 76.7 cm³/mol. The van der Waals surface area contributed by atoms with Crippen LogP contribution in [0.25, 0.3) is 0 Å². The fraction of sp³-hybridized carbons (Fsp3) is 0.615. The molecule has 1 aliphatic rings. The van der Waals surface area contributed by atoms with E-state index in [-0.39, 0.29) is 5.91 Å². The van der Waals surface area contributed by atoms with Crippen molar-refractivity contribution in [2.24, 2.45) is 0 Å². The van der Waals surface area contributed by atoms with Crippen LogP contribution in [0.4, 0.5) is 0 Å². The van der Waals surface area contributed by atoms with Crippen molar-refractivity contribution in [1.29, 1.82) is 0 Å². The zero-order valence-electron chi connectivity index (χ0n) is 10.7. The van der Waals surface area contributed by atoms with Gasteiger partial charge in [0.25, 0.3) is 5.91 Å². The minimum Gasteiger partial charge on any atom is -0.337 e. The van der Waals surface area contributed by atoms with E-state index in [2.05, 4.69) is 4.90 Å². The number of hydrogen-bond acceptors (Lipinski definition) is 3. The number of aryl methyl sites for hydroxylation is 1. The maximum absolute atomic E-state index is 12.4. The van der Waals surface area contributed by atoms with Crippen molar-refractivity contribution >= 4 is 28.8 Å². The first-order valence-electron chi connectivity index (χ1n) is 6.32. The molecule has 1 amide bonds. The van der Waals surface area contributed by atoms with Crippen LogP contribution in [0.15, 0.2) is 10.8 Å². The van der Waals surface area contributed by atoms with Gasteiger partial charge >= 0.3 is 0 Å². The van der Waals surface area contributed by atoms with Gasteiger partial charge in [-0.25, -0.2) is 0 Å². The number of thiophene rings is 1. The van der Waals surface area contributed by atoms with Gasteiger partial charge in [0.05, 0.1) is 5.56 Å². The van der Waals surface area contributed by atoms with Crippen molar-refractivity contribution in [3.63, 3.8) is 0 Å². The van der Waals surface area contributed by atoms with E-state index in [9.17, 15) is 4.79 Å². The maximum Gasteiger partial charge on any atom is 0.255 e. The van der Waals surface area contributed by atoms with E-state index in [1.165, 1.54) is 0 Å². The molecule has 2 rings (SSSR count). The van der Waals surface area contributed by atoms with E-state index in [1.54, 1.807) is 11.3 Å². The Bertz CT molecular complexity index is 407. The predicted octanol–water partition coefficient (Wildman–Crippen LogP) is 2.44. The van der Waals surface area contributed by atoms with Gasteiger partial charge < -0.3 is 9.80 Å². The molecule has 1 aromatic rings. The lowest BCUT2D eigenvalue weighted by Crippen LogP contribution is -2.35. The summed E-state index contributed by atoms with van der Waals surface area (Å²) >= 11 is 7.37. The van der Waals surface area contributed by atoms with Crippen LogP contribution in [0.2, 0.25) is 0 Å². The third-order valence-corrected chi connectivity index (χ3v) is 4.39. The molecule has 18 heavy (non-hydrogen) atoms. The first kappa shape index (κ1) is 13.8. The highest BCUT2D eigenvalue weighted by Gasteiger charge is 2.21. The molecule has 0 aromatic carbocycles. The summed E-state index contributed by atoms with van der Waals surface area (Å²) in [6, 6.07) is 0. The molecule has 100 valence electrons. The molecular weight excluding hydrogens is 268 g/mol. The van der Waals surface area contributed by atoms with Crippen LogP contribution in [0.1, 0.15) is 22.3 Å². The zero-order chi connectivity index (χ0) is 13.0. The van der Waals surface area contributed by atoms with Crippen molar-refractivity contribution in [3.05, 3.63) is 21.9 Å². The summed E-state index contributed by atoms with van der Waals surface area (Å²) in [5.41, 5.74) is 1.96. The highest BCUT2D eigenvalue weighted by atomic mass is 35.5. The van der Waals surface area contributed by atoms with Gasteiger partial charge in [-0.1, -0.05) is 0 Å². The minimum absolute atomic E-state index is 0.182. The second kappa shape index (κ2) is 6.55. The Labute approximate surface area is 117 Å². The molecule has 0 aliphatic carbocycles. The lowest BCUT2D eigenvalue weighted by atomic mass is 10.2. The second-order valence-corrected chi connectivity index (χ2v) is 5.77. The van der Waals surface area contributed by atoms with Crippen LogP contribution in [0, 0.1) is 6.92 Å². The van der Waals surface area contributed by atoms with E-state index < -0.39 is 0 Å². The normalized spacial score (nSPS) is 17.8. The third-order valence-electron chi connectivity index (χ3n) is 3.36. The first-order valence-corrected chi connectivity index (χ1v) is 7.80. The van der Waals surface area contributed by atoms with Crippen molar-refractivity contribution in [1.82, 2.24) is 9.80 Å². The van der Waals surface area contributed by atoms with Crippen LogP contribution in [-0.4, -0.2) is 54.3 Å². The van der Waals surface area contributed by atoms with Crippen LogP contribution in [0.5, 0.6) is 0 Å². The number of nitrogens with zero attached hydrogens (tertiary/aromatic N) is 2. The van der Waals surface area contributed by atoms with E-state index in [0.717, 1.165) is 50.3 Å². The van der Waals surface area contributed by atoms with Crippen molar-refractivity contribution in [3.8, 4) is 0 Å². The fourth-order valence-electron chi connectivity index (χ4n) is 2.27. The molecule has 0 saturated carbocycles. The number of carbonyl (C=O) groups excluding carboxylic acids is 1. The molecule has 3 nitrogen and oxygen atoms in total. The van der Waals surface area contributed by atoms with Crippen LogP contribution >= 0.6 is 22.9 Å². The van der Waals surface area contributed by atoms with Crippen LogP contribution in [0.3, 0.4) is 0 Å². The van der Waals surface area contributed by atoms with E-state index in [0.29, 0.717) is 5.88 Å². The topological polar surface area (TPSA) is 23.6 Å². The Morgan fingerprint density at radius 2 is 2.17 bits per heavy atom. The Morgan fingerprint density at radius 1 is 1.33 bits per heavy atom. The van der Waals surface area contributed by atoms with Crippen molar-refractivity contribution < 1.29 is 4.79 Å². The Kier molecular flexibility index (Phi) is 5.03. The molecular formula is C13H19ClN2OS. The Balaban J connectivity index is 1.98. The molecule has 1 saturated heterocycles. The van der Waals surface area contributed by atoms with Gasteiger partial charge in [0.15, 0.2) is 0 Å². The number of hydrogen-bond donors (Lipinski definition) is 0. The number of rotatable bonds is 3. The highest BCUT2D eigenvalue weighted by Crippen LogP contribution is 2.17. The molecule has 2 heterocycles. The summed E-state index contributed by atoms with van der Waals surface area (Å²) in [5.74, 6) is 0.846. The summed E-state index contributed by atoms with van der Waals surface area (Å²) in [5, 5.41) is 3.99. The molecule has 0 bridgehead atoms. The van der Waals surface area contributed by atoms with Crippen LogP contribution in [-0.2, 0) is 0 Å². The molecule has 0 N–H and O–H groups in total. The Morgan fingerprint density at radius 3 is 2.83 bits per heavy atom. The largest absolute Gasteiger partial charge is 0.337 e. The molecule has 1 fully saturated rings. The average Bonchev–Trinajstić information content (AvgIpc) is 2.64. The van der Waals surface area contributed by atoms with E-state index in [1.807, 2.05) is 22.6 Å². The second-order valence-electron chi connectivity index (χ2n) is 4.64. The Hall–Kier alpha value is -0.580. The smallest absolute Gasteiger partial charge is 0.255 e. The summed E-state index contributed by atoms with van der Waals surface area (Å²) in [4.78, 5) is 16.7. The molecule has 1 aromatic heterocycles. The summed E-state index contributed by atoms with van der Waals surface area (Å²) in [6.07, 6.45) is 1.03. The van der Waals surface area contributed by atoms with Crippen molar-refractivity contribution in [2.75, 3.05) is 38.6 Å². The van der Waals surface area contributed by atoms with Gasteiger partial charge in [-0.05, 0) is 30.8 Å². The first-order chi connectivity index (χ1) is 8.72. The van der Waals surface area contributed by atoms with Crippen molar-refractivity contribution in [2.45, 2.75) is 13.3 Å². The van der Waals surface area contributed by atoms with Gasteiger partial charge in [-0.2, -0.15) is 11.3 Å². The summed E-state index contributed by atoms with van der Waals surface area (Å²) in [7, 11) is 0. The minimum atomic E-state index is 0.182. The monoisotopic (exact) mass is 286 g/mol. The van der Waals surface area contributed by atoms with Gasteiger partial charge in [-0.3, -0.25) is 4.79 Å².